The van der Waals surface area contributed by atoms with Crippen molar-refractivity contribution in [3.05, 3.63) is 18.2 Å². The zero-order valence-corrected chi connectivity index (χ0v) is 12.1. The van der Waals surface area contributed by atoms with Crippen molar-refractivity contribution in [3.63, 3.8) is 0 Å². The first-order chi connectivity index (χ1) is 9.28. The Morgan fingerprint density at radius 1 is 1.32 bits per heavy atom. The second-order valence-corrected chi connectivity index (χ2v) is 4.92. The van der Waals surface area contributed by atoms with Crippen molar-refractivity contribution in [3.8, 4) is 11.5 Å². The van der Waals surface area contributed by atoms with Gasteiger partial charge in [0.1, 0.15) is 11.5 Å². The quantitative estimate of drug-likeness (QED) is 0.884. The average Bonchev–Trinajstić information content (AvgIpc) is 2.47. The van der Waals surface area contributed by atoms with Gasteiger partial charge in [-0.2, -0.15) is 0 Å². The number of nitrogens with zero attached hydrogens (tertiary/aromatic N) is 1. The van der Waals surface area contributed by atoms with Gasteiger partial charge in [-0.3, -0.25) is 0 Å². The molecule has 4 heteroatoms. The van der Waals surface area contributed by atoms with Crippen LogP contribution in [0, 0.1) is 0 Å². The maximum absolute atomic E-state index is 5.48. The number of ether oxygens (including phenoxy) is 2. The number of piperazine rings is 1. The van der Waals surface area contributed by atoms with Crippen molar-refractivity contribution in [2.75, 3.05) is 38.8 Å². The predicted octanol–water partition coefficient (Wildman–Crippen LogP) is 2.28. The fourth-order valence-corrected chi connectivity index (χ4v) is 2.63. The highest BCUT2D eigenvalue weighted by Crippen LogP contribution is 2.33. The molecule has 1 fully saturated rings. The first kappa shape index (κ1) is 14.0. The molecule has 1 aromatic rings. The molecule has 0 aromatic heterocycles. The number of rotatable bonds is 5. The van der Waals surface area contributed by atoms with Gasteiger partial charge in [-0.25, -0.2) is 0 Å². The summed E-state index contributed by atoms with van der Waals surface area (Å²) in [6, 6.07) is 6.54. The molecule has 1 N–H and O–H groups in total. The summed E-state index contributed by atoms with van der Waals surface area (Å²) in [7, 11) is 3.42. The smallest absolute Gasteiger partial charge is 0.142 e. The van der Waals surface area contributed by atoms with Crippen LogP contribution in [0.3, 0.4) is 0 Å². The Kier molecular flexibility index (Phi) is 4.91. The third-order valence-corrected chi connectivity index (χ3v) is 3.62. The second-order valence-electron chi connectivity index (χ2n) is 4.92. The number of hydrogen-bond acceptors (Lipinski definition) is 4. The van der Waals surface area contributed by atoms with E-state index in [1.807, 2.05) is 12.1 Å². The van der Waals surface area contributed by atoms with Crippen molar-refractivity contribution in [1.82, 2.24) is 5.32 Å². The van der Waals surface area contributed by atoms with Gasteiger partial charge in [-0.1, -0.05) is 13.3 Å². The predicted molar refractivity (Wildman–Crippen MR) is 78.5 cm³/mol. The normalized spacial score (nSPS) is 19.3. The number of nitrogens with one attached hydrogen (secondary N) is 1. The van der Waals surface area contributed by atoms with E-state index in [1.54, 1.807) is 14.2 Å². The molecule has 1 aliphatic rings. The van der Waals surface area contributed by atoms with Crippen LogP contribution in [-0.2, 0) is 0 Å². The van der Waals surface area contributed by atoms with Crippen molar-refractivity contribution in [2.45, 2.75) is 25.8 Å². The minimum Gasteiger partial charge on any atom is -0.497 e. The summed E-state index contributed by atoms with van der Waals surface area (Å²) in [4.78, 5) is 2.39. The molecular formula is C15H24N2O2. The van der Waals surface area contributed by atoms with Crippen LogP contribution in [0.4, 0.5) is 5.69 Å². The van der Waals surface area contributed by atoms with Gasteiger partial charge in [0.15, 0.2) is 0 Å². The molecule has 1 aromatic carbocycles. The molecule has 0 spiro atoms. The van der Waals surface area contributed by atoms with E-state index in [0.717, 1.165) is 36.8 Å². The highest BCUT2D eigenvalue weighted by Gasteiger charge is 2.21. The molecule has 0 bridgehead atoms. The van der Waals surface area contributed by atoms with Crippen molar-refractivity contribution in [1.29, 1.82) is 0 Å². The highest BCUT2D eigenvalue weighted by molar-refractivity contribution is 5.62. The maximum atomic E-state index is 5.48. The van der Waals surface area contributed by atoms with Crippen LogP contribution in [0.15, 0.2) is 18.2 Å². The third-order valence-electron chi connectivity index (χ3n) is 3.62. The van der Waals surface area contributed by atoms with Crippen LogP contribution in [0.2, 0.25) is 0 Å². The van der Waals surface area contributed by atoms with Gasteiger partial charge < -0.3 is 19.7 Å². The Morgan fingerprint density at radius 3 is 2.84 bits per heavy atom. The standard InChI is InChI=1S/C15H24N2O2/c1-4-5-12-11-17(9-8-16-12)14-10-13(18-2)6-7-15(14)19-3/h6-7,10,12,16H,4-5,8-9,11H2,1-3H3. The van der Waals surface area contributed by atoms with Gasteiger partial charge in [0.05, 0.1) is 19.9 Å². The van der Waals surface area contributed by atoms with Crippen molar-refractivity contribution >= 4 is 5.69 Å². The second kappa shape index (κ2) is 6.66. The molecule has 4 nitrogen and oxygen atoms in total. The molecule has 1 saturated heterocycles. The first-order valence-electron chi connectivity index (χ1n) is 6.98. The van der Waals surface area contributed by atoms with Gasteiger partial charge in [-0.05, 0) is 18.6 Å². The molecule has 106 valence electrons. The molecule has 1 atom stereocenters. The Labute approximate surface area is 115 Å². The topological polar surface area (TPSA) is 33.7 Å². The number of hydrogen-bond donors (Lipinski definition) is 1. The van der Waals surface area contributed by atoms with E-state index in [4.69, 9.17) is 9.47 Å². The molecule has 0 aliphatic carbocycles. The fraction of sp³-hybridized carbons (Fsp3) is 0.600. The monoisotopic (exact) mass is 264 g/mol. The summed E-state index contributed by atoms with van der Waals surface area (Å²) >= 11 is 0. The summed E-state index contributed by atoms with van der Waals surface area (Å²) in [5.74, 6) is 1.79. The van der Waals surface area contributed by atoms with Gasteiger partial charge >= 0.3 is 0 Å². The minimum absolute atomic E-state index is 0.564. The minimum atomic E-state index is 0.564. The van der Waals surface area contributed by atoms with Crippen LogP contribution in [0.5, 0.6) is 11.5 Å². The molecule has 0 amide bonds. The van der Waals surface area contributed by atoms with E-state index >= 15 is 0 Å². The summed E-state index contributed by atoms with van der Waals surface area (Å²) in [5.41, 5.74) is 1.13. The Morgan fingerprint density at radius 2 is 2.16 bits per heavy atom. The molecule has 2 rings (SSSR count). The van der Waals surface area contributed by atoms with Crippen LogP contribution in [-0.4, -0.2) is 39.9 Å². The highest BCUT2D eigenvalue weighted by atomic mass is 16.5. The van der Waals surface area contributed by atoms with Crippen LogP contribution >= 0.6 is 0 Å². The van der Waals surface area contributed by atoms with Crippen LogP contribution < -0.4 is 19.7 Å². The molecule has 0 saturated carbocycles. The summed E-state index contributed by atoms with van der Waals surface area (Å²) < 4.78 is 10.8. The first-order valence-corrected chi connectivity index (χ1v) is 6.98. The van der Waals surface area contributed by atoms with E-state index < -0.39 is 0 Å². The molecule has 19 heavy (non-hydrogen) atoms. The summed E-state index contributed by atoms with van der Waals surface area (Å²) in [6.07, 6.45) is 2.42. The average molecular weight is 264 g/mol. The van der Waals surface area contributed by atoms with Crippen molar-refractivity contribution < 1.29 is 9.47 Å². The number of anilines is 1. The van der Waals surface area contributed by atoms with E-state index in [-0.39, 0.29) is 0 Å². The lowest BCUT2D eigenvalue weighted by molar-refractivity contribution is 0.395. The van der Waals surface area contributed by atoms with E-state index in [0.29, 0.717) is 6.04 Å². The zero-order chi connectivity index (χ0) is 13.7. The molecule has 1 heterocycles. The lowest BCUT2D eigenvalue weighted by Crippen LogP contribution is -2.50. The summed E-state index contributed by atoms with van der Waals surface area (Å²) in [6.45, 7) is 5.28. The fourth-order valence-electron chi connectivity index (χ4n) is 2.63. The lowest BCUT2D eigenvalue weighted by atomic mass is 10.1. The molecule has 1 aliphatic heterocycles. The van der Waals surface area contributed by atoms with Crippen molar-refractivity contribution in [2.24, 2.45) is 0 Å². The van der Waals surface area contributed by atoms with E-state index in [1.165, 1.54) is 12.8 Å². The third kappa shape index (κ3) is 3.32. The Hall–Kier alpha value is -1.42. The maximum Gasteiger partial charge on any atom is 0.142 e. The largest absolute Gasteiger partial charge is 0.497 e. The Balaban J connectivity index is 2.19. The SMILES string of the molecule is CCCC1CN(c2cc(OC)ccc2OC)CCN1. The molecule has 1 unspecified atom stereocenters. The van der Waals surface area contributed by atoms with Crippen LogP contribution in [0.1, 0.15) is 19.8 Å². The molecular weight excluding hydrogens is 240 g/mol. The lowest BCUT2D eigenvalue weighted by Gasteiger charge is -2.36. The van der Waals surface area contributed by atoms with Gasteiger partial charge in [0.25, 0.3) is 0 Å². The van der Waals surface area contributed by atoms with Crippen LogP contribution in [0.25, 0.3) is 0 Å². The van der Waals surface area contributed by atoms with E-state index in [9.17, 15) is 0 Å². The van der Waals surface area contributed by atoms with E-state index in [2.05, 4.69) is 23.2 Å². The Bertz CT molecular complexity index is 407. The molecule has 0 radical (unpaired) electrons. The zero-order valence-electron chi connectivity index (χ0n) is 12.1. The van der Waals surface area contributed by atoms with Gasteiger partial charge in [0, 0.05) is 31.7 Å². The number of benzene rings is 1. The number of methoxy groups -OCH3 is 2. The van der Waals surface area contributed by atoms with Gasteiger partial charge in [-0.15, -0.1) is 0 Å². The summed E-state index contributed by atoms with van der Waals surface area (Å²) in [5, 5.41) is 3.57. The van der Waals surface area contributed by atoms with Gasteiger partial charge in [0.2, 0.25) is 0 Å².